The van der Waals surface area contributed by atoms with Gasteiger partial charge in [-0.25, -0.2) is 0 Å². The van der Waals surface area contributed by atoms with E-state index in [1.807, 2.05) is 0 Å². The second kappa shape index (κ2) is 8.71. The number of hydrogen-bond donors (Lipinski definition) is 0. The van der Waals surface area contributed by atoms with E-state index in [2.05, 4.69) is 146 Å². The number of allylic oxidation sites excluding steroid dienone is 4. The molecule has 5 aromatic rings. The van der Waals surface area contributed by atoms with Crippen molar-refractivity contribution in [3.8, 4) is 22.6 Å². The molecule has 2 unspecified atom stereocenters. The fourth-order valence-corrected chi connectivity index (χ4v) is 7.21. The zero-order valence-corrected chi connectivity index (χ0v) is 21.6. The van der Waals surface area contributed by atoms with Crippen LogP contribution in [0.25, 0.3) is 11.1 Å². The molecule has 8 rings (SSSR count). The average molecular weight is 501 g/mol. The second-order valence-electron chi connectivity index (χ2n) is 10.9. The van der Waals surface area contributed by atoms with Crippen LogP contribution in [0.2, 0.25) is 0 Å². The molecule has 0 N–H and O–H groups in total. The second-order valence-corrected chi connectivity index (χ2v) is 10.9. The molecule has 0 fully saturated rings. The van der Waals surface area contributed by atoms with E-state index in [9.17, 15) is 0 Å². The average Bonchev–Trinajstić information content (AvgIpc) is 3.28. The topological polar surface area (TPSA) is 9.23 Å². The van der Waals surface area contributed by atoms with E-state index in [-0.39, 0.29) is 5.41 Å². The molecule has 0 bridgehead atoms. The summed E-state index contributed by atoms with van der Waals surface area (Å²) in [5, 5.41) is 0. The molecular formula is C38H28O. The number of benzene rings is 5. The third kappa shape index (κ3) is 3.33. The highest BCUT2D eigenvalue weighted by molar-refractivity contribution is 5.70. The summed E-state index contributed by atoms with van der Waals surface area (Å²) in [4.78, 5) is 0. The summed E-state index contributed by atoms with van der Waals surface area (Å²) in [7, 11) is 0. The summed E-state index contributed by atoms with van der Waals surface area (Å²) in [6, 6.07) is 44.1. The van der Waals surface area contributed by atoms with Gasteiger partial charge in [0.15, 0.2) is 0 Å². The van der Waals surface area contributed by atoms with Gasteiger partial charge in [0.2, 0.25) is 0 Å². The number of fused-ring (bicyclic) bond motifs is 9. The fraction of sp³-hybridized carbons (Fsp3) is 0.105. The van der Waals surface area contributed by atoms with Gasteiger partial charge in [-0.05, 0) is 51.9 Å². The van der Waals surface area contributed by atoms with Crippen molar-refractivity contribution in [2.24, 2.45) is 5.92 Å². The largest absolute Gasteiger partial charge is 0.457 e. The Morgan fingerprint density at radius 1 is 0.538 bits per heavy atom. The van der Waals surface area contributed by atoms with Crippen molar-refractivity contribution in [2.45, 2.75) is 17.8 Å². The number of rotatable bonds is 3. The van der Waals surface area contributed by atoms with Crippen molar-refractivity contribution >= 4 is 0 Å². The lowest BCUT2D eigenvalue weighted by molar-refractivity contribution is 0.374. The lowest BCUT2D eigenvalue weighted by Gasteiger charge is -2.43. The van der Waals surface area contributed by atoms with Crippen molar-refractivity contribution in [3.63, 3.8) is 0 Å². The van der Waals surface area contributed by atoms with Crippen molar-refractivity contribution in [2.75, 3.05) is 0 Å². The highest BCUT2D eigenvalue weighted by Crippen LogP contribution is 2.64. The molecule has 0 radical (unpaired) electrons. The molecule has 186 valence electrons. The van der Waals surface area contributed by atoms with Crippen LogP contribution in [0.1, 0.15) is 39.3 Å². The molecule has 0 aromatic heterocycles. The van der Waals surface area contributed by atoms with E-state index in [0.717, 1.165) is 17.9 Å². The molecule has 2 atom stereocenters. The molecule has 1 heterocycles. The summed E-state index contributed by atoms with van der Waals surface area (Å²) in [6.45, 7) is 0. The maximum Gasteiger partial charge on any atom is 0.131 e. The molecule has 39 heavy (non-hydrogen) atoms. The standard InChI is InChI=1S/C38H28O/c1-2-10-28(11-3-1)29-21-18-26(19-22-29)24-27-20-23-33-31(25-27)30-12-4-5-13-32(30)38(33)34-14-6-8-16-36(34)39-37-17-9-7-15-35(37)38/h1-23,25,30,32H,24H2. The van der Waals surface area contributed by atoms with E-state index >= 15 is 0 Å². The van der Waals surface area contributed by atoms with Crippen LogP contribution in [0, 0.1) is 5.92 Å². The normalized spacial score (nSPS) is 19.1. The molecule has 5 aromatic carbocycles. The molecule has 3 aliphatic rings. The van der Waals surface area contributed by atoms with E-state index in [1.54, 1.807) is 0 Å². The van der Waals surface area contributed by atoms with Crippen molar-refractivity contribution in [3.05, 3.63) is 179 Å². The van der Waals surface area contributed by atoms with Gasteiger partial charge in [-0.15, -0.1) is 0 Å². The molecule has 0 amide bonds. The van der Waals surface area contributed by atoms with Gasteiger partial charge in [0.05, 0.1) is 5.41 Å². The third-order valence-electron chi connectivity index (χ3n) is 8.85. The minimum atomic E-state index is -0.275. The van der Waals surface area contributed by atoms with E-state index < -0.39 is 0 Å². The van der Waals surface area contributed by atoms with Crippen LogP contribution in [0.15, 0.2) is 146 Å². The molecule has 2 aliphatic carbocycles. The van der Waals surface area contributed by atoms with Gasteiger partial charge < -0.3 is 4.74 Å². The van der Waals surface area contributed by atoms with Gasteiger partial charge in [-0.2, -0.15) is 0 Å². The Morgan fingerprint density at radius 3 is 1.90 bits per heavy atom. The van der Waals surface area contributed by atoms with E-state index in [4.69, 9.17) is 4.74 Å². The Bertz CT molecular complexity index is 1710. The number of ether oxygens (including phenoxy) is 1. The van der Waals surface area contributed by atoms with Crippen LogP contribution in [0.3, 0.4) is 0 Å². The minimum Gasteiger partial charge on any atom is -0.457 e. The Hall–Kier alpha value is -4.62. The van der Waals surface area contributed by atoms with Gasteiger partial charge in [0, 0.05) is 23.0 Å². The number of hydrogen-bond acceptors (Lipinski definition) is 1. The quantitative estimate of drug-likeness (QED) is 0.240. The smallest absolute Gasteiger partial charge is 0.131 e. The fourth-order valence-electron chi connectivity index (χ4n) is 7.21. The van der Waals surface area contributed by atoms with Crippen LogP contribution < -0.4 is 4.74 Å². The Labute approximate surface area is 229 Å². The molecule has 0 saturated heterocycles. The number of para-hydroxylation sites is 2. The molecule has 1 spiro atoms. The zero-order chi connectivity index (χ0) is 25.8. The molecular weight excluding hydrogens is 472 g/mol. The van der Waals surface area contributed by atoms with Crippen LogP contribution in [0.5, 0.6) is 11.5 Å². The first-order valence-corrected chi connectivity index (χ1v) is 13.8. The predicted octanol–water partition coefficient (Wildman–Crippen LogP) is 9.22. The summed E-state index contributed by atoms with van der Waals surface area (Å²) >= 11 is 0. The van der Waals surface area contributed by atoms with Crippen LogP contribution in [0.4, 0.5) is 0 Å². The van der Waals surface area contributed by atoms with Crippen molar-refractivity contribution < 1.29 is 4.74 Å². The van der Waals surface area contributed by atoms with Gasteiger partial charge in [-0.3, -0.25) is 0 Å². The van der Waals surface area contributed by atoms with Crippen LogP contribution in [-0.4, -0.2) is 0 Å². The summed E-state index contributed by atoms with van der Waals surface area (Å²) in [6.07, 6.45) is 10.2. The molecule has 1 aliphatic heterocycles. The SMILES string of the molecule is C1=CC2c3cc(Cc4ccc(-c5ccccc5)cc4)ccc3C3(c4ccccc4Oc4ccccc43)C2C=C1. The maximum absolute atomic E-state index is 6.46. The first kappa shape index (κ1) is 22.4. The maximum atomic E-state index is 6.46. The van der Waals surface area contributed by atoms with Crippen LogP contribution in [-0.2, 0) is 11.8 Å². The third-order valence-corrected chi connectivity index (χ3v) is 8.85. The summed E-state index contributed by atoms with van der Waals surface area (Å²) in [5.41, 5.74) is 10.3. The summed E-state index contributed by atoms with van der Waals surface area (Å²) < 4.78 is 6.46. The Morgan fingerprint density at radius 2 is 1.15 bits per heavy atom. The predicted molar refractivity (Wildman–Crippen MR) is 158 cm³/mol. The summed E-state index contributed by atoms with van der Waals surface area (Å²) in [5.74, 6) is 2.55. The Kier molecular flexibility index (Phi) is 5.00. The molecule has 1 nitrogen and oxygen atoms in total. The lowest BCUT2D eigenvalue weighted by Crippen LogP contribution is -2.37. The molecule has 1 heteroatoms. The van der Waals surface area contributed by atoms with E-state index in [1.165, 1.54) is 44.5 Å². The van der Waals surface area contributed by atoms with Gasteiger partial charge >= 0.3 is 0 Å². The minimum absolute atomic E-state index is 0.275. The van der Waals surface area contributed by atoms with E-state index in [0.29, 0.717) is 11.8 Å². The highest BCUT2D eigenvalue weighted by Gasteiger charge is 2.56. The lowest BCUT2D eigenvalue weighted by atomic mass is 9.62. The first-order chi connectivity index (χ1) is 19.3. The van der Waals surface area contributed by atoms with Crippen LogP contribution >= 0.6 is 0 Å². The first-order valence-electron chi connectivity index (χ1n) is 13.8. The zero-order valence-electron chi connectivity index (χ0n) is 21.6. The molecule has 0 saturated carbocycles. The van der Waals surface area contributed by atoms with Gasteiger partial charge in [0.1, 0.15) is 11.5 Å². The highest BCUT2D eigenvalue weighted by atomic mass is 16.5. The van der Waals surface area contributed by atoms with Crippen molar-refractivity contribution in [1.82, 2.24) is 0 Å². The van der Waals surface area contributed by atoms with Gasteiger partial charge in [-0.1, -0.05) is 133 Å². The van der Waals surface area contributed by atoms with Crippen molar-refractivity contribution in [1.29, 1.82) is 0 Å². The monoisotopic (exact) mass is 500 g/mol. The Balaban J connectivity index is 1.24. The van der Waals surface area contributed by atoms with Gasteiger partial charge in [0.25, 0.3) is 0 Å².